The van der Waals surface area contributed by atoms with Crippen molar-refractivity contribution in [2.45, 2.75) is 39.0 Å². The monoisotopic (exact) mass is 295 g/mol. The van der Waals surface area contributed by atoms with Gasteiger partial charge in [0.05, 0.1) is 0 Å². The third kappa shape index (κ3) is 4.26. The van der Waals surface area contributed by atoms with E-state index in [1.807, 2.05) is 6.20 Å². The van der Waals surface area contributed by atoms with E-state index in [1.165, 1.54) is 6.07 Å². The van der Waals surface area contributed by atoms with Crippen molar-refractivity contribution in [3.8, 4) is 5.75 Å². The molecular weight excluding hydrogens is 276 g/mol. The van der Waals surface area contributed by atoms with E-state index in [9.17, 15) is 8.78 Å². The summed E-state index contributed by atoms with van der Waals surface area (Å²) in [7, 11) is 0. The molecule has 0 saturated heterocycles. The van der Waals surface area contributed by atoms with Crippen molar-refractivity contribution in [2.75, 3.05) is 0 Å². The van der Waals surface area contributed by atoms with E-state index in [2.05, 4.69) is 21.2 Å². The summed E-state index contributed by atoms with van der Waals surface area (Å²) in [6.07, 6.45) is 5.22. The van der Waals surface area contributed by atoms with Gasteiger partial charge >= 0.3 is 6.61 Å². The Labute approximate surface area is 122 Å². The number of hydrogen-bond donors (Lipinski definition) is 1. The topological polar surface area (TPSA) is 53.1 Å². The summed E-state index contributed by atoms with van der Waals surface area (Å²) in [6.45, 7) is 0.144. The fourth-order valence-electron chi connectivity index (χ4n) is 2.21. The van der Waals surface area contributed by atoms with Crippen LogP contribution >= 0.6 is 0 Å². The van der Waals surface area contributed by atoms with Gasteiger partial charge in [0.15, 0.2) is 0 Å². The van der Waals surface area contributed by atoms with Gasteiger partial charge in [-0.15, -0.1) is 0 Å². The minimum atomic E-state index is -2.83. The summed E-state index contributed by atoms with van der Waals surface area (Å²) < 4.78 is 30.9. The molecule has 0 amide bonds. The number of aromatic nitrogens is 2. The fourth-order valence-corrected chi connectivity index (χ4v) is 2.21. The second-order valence-corrected chi connectivity index (χ2v) is 4.80. The van der Waals surface area contributed by atoms with Crippen molar-refractivity contribution in [3.63, 3.8) is 0 Å². The van der Waals surface area contributed by atoms with E-state index < -0.39 is 6.61 Å². The number of alkyl halides is 2. The Morgan fingerprint density at radius 3 is 2.90 bits per heavy atom. The highest BCUT2D eigenvalue weighted by Gasteiger charge is 2.13. The number of benzene rings is 1. The molecule has 1 aromatic heterocycles. The highest BCUT2D eigenvalue weighted by molar-refractivity contribution is 5.31. The maximum absolute atomic E-state index is 12.2. The summed E-state index contributed by atoms with van der Waals surface area (Å²) in [5.74, 6) is 1.01. The van der Waals surface area contributed by atoms with Crippen LogP contribution in [-0.2, 0) is 13.0 Å². The molecule has 0 fully saturated rings. The SMILES string of the molecule is CCCn1ccnc1CC(N)c1cccc(OC(F)F)c1. The van der Waals surface area contributed by atoms with Gasteiger partial charge in [0.25, 0.3) is 0 Å². The molecule has 0 aliphatic heterocycles. The number of nitrogens with zero attached hydrogens (tertiary/aromatic N) is 2. The minimum Gasteiger partial charge on any atom is -0.435 e. The standard InChI is InChI=1S/C15H19F2N3O/c1-2-7-20-8-6-19-14(20)10-13(18)11-4-3-5-12(9-11)21-15(16)17/h3-6,8-9,13,15H,2,7,10,18H2,1H3. The molecule has 4 nitrogen and oxygen atoms in total. The Balaban J connectivity index is 2.09. The van der Waals surface area contributed by atoms with E-state index in [1.54, 1.807) is 24.4 Å². The maximum Gasteiger partial charge on any atom is 0.387 e. The molecule has 0 aliphatic rings. The van der Waals surface area contributed by atoms with Crippen LogP contribution in [0.25, 0.3) is 0 Å². The molecule has 114 valence electrons. The highest BCUT2D eigenvalue weighted by Crippen LogP contribution is 2.21. The normalized spacial score (nSPS) is 12.6. The predicted molar refractivity (Wildman–Crippen MR) is 76.2 cm³/mol. The average Bonchev–Trinajstić information content (AvgIpc) is 2.86. The summed E-state index contributed by atoms with van der Waals surface area (Å²) in [5, 5.41) is 0. The Hall–Kier alpha value is -1.95. The fraction of sp³-hybridized carbons (Fsp3) is 0.400. The number of halogens is 2. The van der Waals surface area contributed by atoms with Gasteiger partial charge in [-0.25, -0.2) is 4.98 Å². The van der Waals surface area contributed by atoms with Crippen LogP contribution in [-0.4, -0.2) is 16.2 Å². The van der Waals surface area contributed by atoms with Crippen molar-refractivity contribution in [2.24, 2.45) is 5.73 Å². The van der Waals surface area contributed by atoms with Crippen LogP contribution in [0.5, 0.6) is 5.75 Å². The van der Waals surface area contributed by atoms with Crippen molar-refractivity contribution < 1.29 is 13.5 Å². The van der Waals surface area contributed by atoms with E-state index in [0.717, 1.165) is 24.4 Å². The van der Waals surface area contributed by atoms with Gasteiger partial charge in [0.1, 0.15) is 11.6 Å². The van der Waals surface area contributed by atoms with Crippen LogP contribution in [0.4, 0.5) is 8.78 Å². The molecule has 6 heteroatoms. The maximum atomic E-state index is 12.2. The molecule has 2 N–H and O–H groups in total. The van der Waals surface area contributed by atoms with Gasteiger partial charge in [-0.1, -0.05) is 19.1 Å². The molecule has 2 aromatic rings. The molecule has 0 bridgehead atoms. The zero-order chi connectivity index (χ0) is 15.2. The Kier molecular flexibility index (Phi) is 5.27. The first-order valence-electron chi connectivity index (χ1n) is 6.90. The number of imidazole rings is 1. The Morgan fingerprint density at radius 2 is 2.19 bits per heavy atom. The van der Waals surface area contributed by atoms with Gasteiger partial charge in [0.2, 0.25) is 0 Å². The summed E-state index contributed by atoms with van der Waals surface area (Å²) >= 11 is 0. The van der Waals surface area contributed by atoms with Crippen molar-refractivity contribution in [1.29, 1.82) is 0 Å². The van der Waals surface area contributed by atoms with Gasteiger partial charge in [-0.3, -0.25) is 0 Å². The van der Waals surface area contributed by atoms with Crippen LogP contribution in [0.3, 0.4) is 0 Å². The first-order chi connectivity index (χ1) is 10.1. The van der Waals surface area contributed by atoms with Gasteiger partial charge < -0.3 is 15.0 Å². The van der Waals surface area contributed by atoms with Crippen LogP contribution < -0.4 is 10.5 Å². The van der Waals surface area contributed by atoms with E-state index >= 15 is 0 Å². The lowest BCUT2D eigenvalue weighted by Crippen LogP contribution is -2.16. The Bertz CT molecular complexity index is 572. The summed E-state index contributed by atoms with van der Waals surface area (Å²) in [6, 6.07) is 6.18. The number of nitrogens with two attached hydrogens (primary N) is 1. The summed E-state index contributed by atoms with van der Waals surface area (Å²) in [5.41, 5.74) is 6.90. The quantitative estimate of drug-likeness (QED) is 0.853. The average molecular weight is 295 g/mol. The lowest BCUT2D eigenvalue weighted by molar-refractivity contribution is -0.0499. The first-order valence-corrected chi connectivity index (χ1v) is 6.90. The third-order valence-corrected chi connectivity index (χ3v) is 3.18. The van der Waals surface area contributed by atoms with Gasteiger partial charge in [-0.2, -0.15) is 8.78 Å². The molecule has 1 atom stereocenters. The number of aryl methyl sites for hydroxylation is 1. The molecule has 2 rings (SSSR count). The van der Waals surface area contributed by atoms with Gasteiger partial charge in [0, 0.05) is 31.4 Å². The molecular formula is C15H19F2N3O. The number of ether oxygens (including phenoxy) is 1. The predicted octanol–water partition coefficient (Wildman–Crippen LogP) is 3.14. The largest absolute Gasteiger partial charge is 0.435 e. The molecule has 0 spiro atoms. The molecule has 0 aliphatic carbocycles. The second kappa shape index (κ2) is 7.17. The van der Waals surface area contributed by atoms with Gasteiger partial charge in [-0.05, 0) is 24.1 Å². The zero-order valence-corrected chi connectivity index (χ0v) is 11.9. The molecule has 21 heavy (non-hydrogen) atoms. The highest BCUT2D eigenvalue weighted by atomic mass is 19.3. The molecule has 1 heterocycles. The van der Waals surface area contributed by atoms with Crippen LogP contribution in [0.1, 0.15) is 30.8 Å². The minimum absolute atomic E-state index is 0.120. The number of rotatable bonds is 7. The van der Waals surface area contributed by atoms with Crippen LogP contribution in [0.2, 0.25) is 0 Å². The summed E-state index contributed by atoms with van der Waals surface area (Å²) in [4.78, 5) is 4.30. The smallest absolute Gasteiger partial charge is 0.387 e. The molecule has 0 saturated carbocycles. The lowest BCUT2D eigenvalue weighted by Gasteiger charge is -2.14. The molecule has 1 unspecified atom stereocenters. The zero-order valence-electron chi connectivity index (χ0n) is 11.9. The van der Waals surface area contributed by atoms with E-state index in [0.29, 0.717) is 6.42 Å². The van der Waals surface area contributed by atoms with E-state index in [4.69, 9.17) is 5.73 Å². The third-order valence-electron chi connectivity index (χ3n) is 3.18. The Morgan fingerprint density at radius 1 is 1.38 bits per heavy atom. The lowest BCUT2D eigenvalue weighted by atomic mass is 10.0. The molecule has 1 aromatic carbocycles. The second-order valence-electron chi connectivity index (χ2n) is 4.80. The molecule has 0 radical (unpaired) electrons. The van der Waals surface area contributed by atoms with Crippen molar-refractivity contribution in [3.05, 3.63) is 48.0 Å². The van der Waals surface area contributed by atoms with E-state index in [-0.39, 0.29) is 11.8 Å². The first kappa shape index (κ1) is 15.4. The van der Waals surface area contributed by atoms with Crippen molar-refractivity contribution >= 4 is 0 Å². The van der Waals surface area contributed by atoms with Crippen molar-refractivity contribution in [1.82, 2.24) is 9.55 Å². The number of hydrogen-bond acceptors (Lipinski definition) is 3. The van der Waals surface area contributed by atoms with Crippen LogP contribution in [0.15, 0.2) is 36.7 Å². The van der Waals surface area contributed by atoms with Crippen LogP contribution in [0, 0.1) is 0 Å².